The molecule has 2 atom stereocenters. The summed E-state index contributed by atoms with van der Waals surface area (Å²) in [6.07, 6.45) is 11.5. The van der Waals surface area contributed by atoms with E-state index in [1.807, 2.05) is 47.8 Å². The molecule has 2 fully saturated rings. The number of benzene rings is 2. The molecule has 0 spiro atoms. The number of nitrogens with zero attached hydrogens (tertiary/aromatic N) is 7. The molecule has 5 heterocycles. The number of methoxy groups -OCH3 is 3. The van der Waals surface area contributed by atoms with Crippen LogP contribution in [0.1, 0.15) is 79.1 Å². The SMILES string of the molecule is C/C=C1\C[C@H]2C=Nc3cc(OCc4cc(OCCN(CCOCCOCCN(C)CC(C)(C)SC)C(=O)CCOCCOCCOCCOC)cc(COc5cc6c(cc5OC)C(=O)N5C/C(=C/C)C[C@H]5C=N6)n4)c(OC)cc3C(=O)N2C1. The predicted molar refractivity (Wildman–Crippen MR) is 319 cm³/mol. The molecule has 4 aliphatic heterocycles. The second-order valence-corrected chi connectivity index (χ2v) is 22.5. The average Bonchev–Trinajstić information content (AvgIpc) is 3.40. The molecular weight excluding hydrogens is 1090 g/mol. The van der Waals surface area contributed by atoms with E-state index in [4.69, 9.17) is 67.1 Å². The van der Waals surface area contributed by atoms with Gasteiger partial charge in [-0.15, -0.1) is 0 Å². The largest absolute Gasteiger partial charge is 0.493 e. The maximum Gasteiger partial charge on any atom is 0.257 e. The molecule has 0 saturated carbocycles. The highest BCUT2D eigenvalue weighted by molar-refractivity contribution is 7.99. The van der Waals surface area contributed by atoms with Gasteiger partial charge in [-0.1, -0.05) is 23.3 Å². The normalized spacial score (nSPS) is 17.4. The summed E-state index contributed by atoms with van der Waals surface area (Å²) >= 11 is 1.84. The summed E-state index contributed by atoms with van der Waals surface area (Å²) in [5, 5.41) is 0. The van der Waals surface area contributed by atoms with Crippen LogP contribution in [0.5, 0.6) is 28.7 Å². The lowest BCUT2D eigenvalue weighted by Crippen LogP contribution is -2.38. The van der Waals surface area contributed by atoms with Crippen molar-refractivity contribution in [3.8, 4) is 28.7 Å². The number of thioether (sulfide) groups is 1. The lowest BCUT2D eigenvalue weighted by Gasteiger charge is -2.28. The first-order chi connectivity index (χ1) is 40.3. The van der Waals surface area contributed by atoms with Gasteiger partial charge in [-0.25, -0.2) is 0 Å². The average molecular weight is 1170 g/mol. The Morgan fingerprint density at radius 2 is 1.10 bits per heavy atom. The maximum absolute atomic E-state index is 13.8. The van der Waals surface area contributed by atoms with E-state index >= 15 is 0 Å². The van der Waals surface area contributed by atoms with Gasteiger partial charge in [0.2, 0.25) is 5.91 Å². The number of carbonyl (C=O) groups is 3. The monoisotopic (exact) mass is 1170 g/mol. The van der Waals surface area contributed by atoms with Crippen molar-refractivity contribution in [2.24, 2.45) is 9.98 Å². The summed E-state index contributed by atoms with van der Waals surface area (Å²) in [5.41, 5.74) is 5.14. The molecule has 2 aromatic carbocycles. The number of aromatic nitrogens is 1. The highest BCUT2D eigenvalue weighted by Crippen LogP contribution is 2.41. The molecule has 454 valence electrons. The van der Waals surface area contributed by atoms with E-state index in [-0.39, 0.29) is 73.9 Å². The molecule has 22 heteroatoms. The summed E-state index contributed by atoms with van der Waals surface area (Å²) in [6.45, 7) is 16.4. The molecule has 3 aromatic rings. The number of rotatable bonds is 36. The smallest absolute Gasteiger partial charge is 0.257 e. The van der Waals surface area contributed by atoms with Gasteiger partial charge in [-0.05, 0) is 66.0 Å². The van der Waals surface area contributed by atoms with Crippen molar-refractivity contribution in [1.29, 1.82) is 0 Å². The number of hydrogen-bond acceptors (Lipinski definition) is 19. The third-order valence-electron chi connectivity index (χ3n) is 14.6. The molecule has 2 saturated heterocycles. The van der Waals surface area contributed by atoms with Gasteiger partial charge in [0.15, 0.2) is 23.0 Å². The third kappa shape index (κ3) is 18.9. The Morgan fingerprint density at radius 3 is 1.58 bits per heavy atom. The van der Waals surface area contributed by atoms with E-state index < -0.39 is 0 Å². The lowest BCUT2D eigenvalue weighted by molar-refractivity contribution is -0.133. The molecule has 0 radical (unpaired) electrons. The summed E-state index contributed by atoms with van der Waals surface area (Å²) in [6, 6.07) is 10.0. The zero-order valence-electron chi connectivity index (χ0n) is 49.9. The Labute approximate surface area is 493 Å². The molecular formula is C61H85N7O14S. The van der Waals surface area contributed by atoms with E-state index in [0.29, 0.717) is 148 Å². The number of allylic oxidation sites excluding steroid dienone is 2. The molecule has 7 rings (SSSR count). The lowest BCUT2D eigenvalue weighted by atomic mass is 10.1. The van der Waals surface area contributed by atoms with Gasteiger partial charge in [0.1, 0.15) is 25.6 Å². The number of pyridine rings is 1. The molecule has 1 aromatic heterocycles. The molecule has 4 aliphatic rings. The number of ether oxygens (including phenoxy) is 11. The van der Waals surface area contributed by atoms with Gasteiger partial charge in [-0.2, -0.15) is 11.8 Å². The summed E-state index contributed by atoms with van der Waals surface area (Å²) in [4.78, 5) is 63.5. The predicted octanol–water partition coefficient (Wildman–Crippen LogP) is 7.41. The van der Waals surface area contributed by atoms with Gasteiger partial charge in [0, 0.05) is 81.3 Å². The van der Waals surface area contributed by atoms with E-state index in [9.17, 15) is 14.4 Å². The topological polar surface area (TPSA) is 203 Å². The summed E-state index contributed by atoms with van der Waals surface area (Å²) in [5.74, 6) is 1.53. The quantitative estimate of drug-likeness (QED) is 0.0411. The minimum atomic E-state index is -0.142. The first-order valence-corrected chi connectivity index (χ1v) is 29.7. The van der Waals surface area contributed by atoms with Crippen LogP contribution in [-0.4, -0.2) is 225 Å². The number of carbonyl (C=O) groups excluding carboxylic acids is 3. The minimum Gasteiger partial charge on any atom is -0.493 e. The van der Waals surface area contributed by atoms with E-state index in [1.165, 1.54) is 25.4 Å². The Hall–Kier alpha value is -6.11. The second-order valence-electron chi connectivity index (χ2n) is 21.0. The number of likely N-dealkylation sites (N-methyl/N-ethyl adjacent to an activating group) is 1. The minimum absolute atomic E-state index is 0.0340. The highest BCUT2D eigenvalue weighted by atomic mass is 32.2. The Bertz CT molecular complexity index is 2620. The van der Waals surface area contributed by atoms with Gasteiger partial charge >= 0.3 is 0 Å². The van der Waals surface area contributed by atoms with Gasteiger partial charge in [-0.3, -0.25) is 29.4 Å². The van der Waals surface area contributed by atoms with Crippen LogP contribution < -0.4 is 23.7 Å². The Morgan fingerprint density at radius 1 is 0.627 bits per heavy atom. The van der Waals surface area contributed by atoms with E-state index in [2.05, 4.69) is 44.2 Å². The van der Waals surface area contributed by atoms with Crippen LogP contribution in [0.15, 0.2) is 69.7 Å². The van der Waals surface area contributed by atoms with Crippen LogP contribution in [0.25, 0.3) is 0 Å². The van der Waals surface area contributed by atoms with Gasteiger partial charge < -0.3 is 71.7 Å². The first kappa shape index (κ1) is 64.5. The molecule has 3 amide bonds. The highest BCUT2D eigenvalue weighted by Gasteiger charge is 2.36. The fourth-order valence-electron chi connectivity index (χ4n) is 9.83. The molecule has 0 N–H and O–H groups in total. The first-order valence-electron chi connectivity index (χ1n) is 28.5. The Kier molecular flexibility index (Phi) is 25.5. The molecule has 0 unspecified atom stereocenters. The number of hydrogen-bond donors (Lipinski definition) is 0. The van der Waals surface area contributed by atoms with Crippen molar-refractivity contribution < 1.29 is 66.5 Å². The fraction of sp³-hybridized carbons (Fsp3) is 0.574. The summed E-state index contributed by atoms with van der Waals surface area (Å²) < 4.78 is 64.7. The number of aliphatic imine (C=N–C) groups is 2. The molecule has 83 heavy (non-hydrogen) atoms. The van der Waals surface area contributed by atoms with Crippen LogP contribution >= 0.6 is 11.8 Å². The second kappa shape index (κ2) is 32.8. The standard InChI is InChI=1S/C61H85N7O14S/c1-10-43-28-47-36-62-52-34-56(54(73-7)32-50(52)59(70)67(47)38-43)81-40-45-30-49(31-46(64-45)41-82-57-35-53-51(33-55(57)74-8)60(71)68-39-44(11-2)29-48(68)37-63-53)80-19-15-66(58(69)12-16-75-22-25-79-27-26-78-21-20-72-6)14-18-77-24-23-76-17-13-65(5)42-61(3,4)83-9/h10-11,30-37,47-48H,12-29,38-42H2,1-9H3/b43-10+,44-11+/t47-,48-/m0/s1. The van der Waals surface area contributed by atoms with E-state index in [1.54, 1.807) is 48.4 Å². The zero-order valence-corrected chi connectivity index (χ0v) is 50.8. The van der Waals surface area contributed by atoms with Crippen molar-refractivity contribution >= 4 is 53.3 Å². The van der Waals surface area contributed by atoms with Crippen molar-refractivity contribution in [2.75, 3.05) is 153 Å². The third-order valence-corrected chi connectivity index (χ3v) is 15.8. The van der Waals surface area contributed by atoms with Crippen LogP contribution in [0.4, 0.5) is 11.4 Å². The summed E-state index contributed by atoms with van der Waals surface area (Å²) in [7, 11) is 6.77. The van der Waals surface area contributed by atoms with Crippen molar-refractivity contribution in [3.05, 3.63) is 82.2 Å². The number of fused-ring (bicyclic) bond motifs is 4. The van der Waals surface area contributed by atoms with Crippen LogP contribution in [-0.2, 0) is 46.4 Å². The zero-order chi connectivity index (χ0) is 59.1. The van der Waals surface area contributed by atoms with Crippen LogP contribution in [0, 0.1) is 0 Å². The molecule has 0 aliphatic carbocycles. The number of amides is 3. The molecule has 21 nitrogen and oxygen atoms in total. The maximum atomic E-state index is 13.8. The van der Waals surface area contributed by atoms with Crippen LogP contribution in [0.2, 0.25) is 0 Å². The Balaban J connectivity index is 1.04. The fourth-order valence-corrected chi connectivity index (χ4v) is 10.2. The van der Waals surface area contributed by atoms with E-state index in [0.717, 1.165) is 25.9 Å². The van der Waals surface area contributed by atoms with Crippen molar-refractivity contribution in [3.63, 3.8) is 0 Å². The van der Waals surface area contributed by atoms with Crippen LogP contribution in [0.3, 0.4) is 0 Å². The van der Waals surface area contributed by atoms with Crippen molar-refractivity contribution in [2.45, 2.75) is 77.0 Å². The molecule has 0 bridgehead atoms. The van der Waals surface area contributed by atoms with Gasteiger partial charge in [0.05, 0.1) is 146 Å². The van der Waals surface area contributed by atoms with Crippen molar-refractivity contribution in [1.82, 2.24) is 24.6 Å². The van der Waals surface area contributed by atoms with Gasteiger partial charge in [0.25, 0.3) is 11.8 Å².